The molecule has 0 unspecified atom stereocenters. The smallest absolute Gasteiger partial charge is 0.229 e. The van der Waals surface area contributed by atoms with Crippen LogP contribution in [0.3, 0.4) is 0 Å². The molecule has 1 heterocycles. The Balaban J connectivity index is 2.66. The molecule has 0 bridgehead atoms. The van der Waals surface area contributed by atoms with Crippen LogP contribution in [0.5, 0.6) is 0 Å². The SMILES string of the molecule is CCN1C(=O)CCC1=O. The zero-order valence-electron chi connectivity index (χ0n) is 5.39. The van der Waals surface area contributed by atoms with Gasteiger partial charge in [-0.15, -0.1) is 0 Å². The van der Waals surface area contributed by atoms with Crippen LogP contribution in [0.25, 0.3) is 0 Å². The zero-order chi connectivity index (χ0) is 6.85. The van der Waals surface area contributed by atoms with E-state index in [2.05, 4.69) is 0 Å². The Bertz CT molecular complexity index is 137. The van der Waals surface area contributed by atoms with Crippen molar-refractivity contribution in [2.75, 3.05) is 6.54 Å². The highest BCUT2D eigenvalue weighted by molar-refractivity contribution is 6.01. The minimum Gasteiger partial charge on any atom is -0.283 e. The fourth-order valence-corrected chi connectivity index (χ4v) is 0.976. The average molecular weight is 127 g/mol. The van der Waals surface area contributed by atoms with E-state index >= 15 is 0 Å². The van der Waals surface area contributed by atoms with Crippen molar-refractivity contribution in [3.05, 3.63) is 0 Å². The maximum Gasteiger partial charge on any atom is 0.229 e. The van der Waals surface area contributed by atoms with E-state index in [1.807, 2.05) is 0 Å². The van der Waals surface area contributed by atoms with Crippen molar-refractivity contribution >= 4 is 11.8 Å². The molecule has 0 aromatic rings. The molecule has 0 atom stereocenters. The molecule has 0 aromatic carbocycles. The molecule has 1 saturated heterocycles. The first-order valence-corrected chi connectivity index (χ1v) is 3.09. The monoisotopic (exact) mass is 127 g/mol. The first kappa shape index (κ1) is 6.26. The lowest BCUT2D eigenvalue weighted by atomic mass is 10.4. The number of nitrogens with zero attached hydrogens (tertiary/aromatic N) is 1. The summed E-state index contributed by atoms with van der Waals surface area (Å²) in [6.07, 6.45) is 0.819. The topological polar surface area (TPSA) is 37.4 Å². The van der Waals surface area contributed by atoms with Gasteiger partial charge >= 0.3 is 0 Å². The van der Waals surface area contributed by atoms with Crippen molar-refractivity contribution < 1.29 is 9.59 Å². The predicted molar refractivity (Wildman–Crippen MR) is 31.6 cm³/mol. The Morgan fingerprint density at radius 1 is 1.33 bits per heavy atom. The van der Waals surface area contributed by atoms with Crippen molar-refractivity contribution in [3.8, 4) is 0 Å². The average Bonchev–Trinajstić information content (AvgIpc) is 2.12. The van der Waals surface area contributed by atoms with Crippen LogP contribution in [0.1, 0.15) is 19.8 Å². The van der Waals surface area contributed by atoms with E-state index in [0.717, 1.165) is 0 Å². The number of carbonyl (C=O) groups excluding carboxylic acids is 2. The second-order valence-electron chi connectivity index (χ2n) is 2.03. The zero-order valence-corrected chi connectivity index (χ0v) is 5.39. The van der Waals surface area contributed by atoms with Gasteiger partial charge in [0.25, 0.3) is 0 Å². The molecular weight excluding hydrogens is 118 g/mol. The molecule has 0 N–H and O–H groups in total. The van der Waals surface area contributed by atoms with Crippen molar-refractivity contribution in [2.24, 2.45) is 0 Å². The summed E-state index contributed by atoms with van der Waals surface area (Å²) in [4.78, 5) is 22.7. The van der Waals surface area contributed by atoms with Gasteiger partial charge in [0.2, 0.25) is 11.8 Å². The molecule has 1 aliphatic heterocycles. The molecule has 9 heavy (non-hydrogen) atoms. The summed E-state index contributed by atoms with van der Waals surface area (Å²) in [5.41, 5.74) is 0. The van der Waals surface area contributed by atoms with Crippen LogP contribution in [0.2, 0.25) is 0 Å². The van der Waals surface area contributed by atoms with Gasteiger partial charge in [-0.25, -0.2) is 0 Å². The third kappa shape index (κ3) is 0.943. The maximum absolute atomic E-state index is 10.7. The number of likely N-dealkylation sites (tertiary alicyclic amines) is 1. The van der Waals surface area contributed by atoms with Gasteiger partial charge in [0.05, 0.1) is 0 Å². The van der Waals surface area contributed by atoms with Gasteiger partial charge in [0, 0.05) is 19.4 Å². The number of carbonyl (C=O) groups is 2. The molecule has 0 spiro atoms. The van der Waals surface area contributed by atoms with Crippen LogP contribution in [0.15, 0.2) is 0 Å². The van der Waals surface area contributed by atoms with Crippen LogP contribution < -0.4 is 0 Å². The van der Waals surface area contributed by atoms with Crippen molar-refractivity contribution in [2.45, 2.75) is 19.8 Å². The van der Waals surface area contributed by atoms with Crippen LogP contribution in [0.4, 0.5) is 0 Å². The Labute approximate surface area is 53.6 Å². The molecule has 1 fully saturated rings. The fourth-order valence-electron chi connectivity index (χ4n) is 0.976. The number of hydrogen-bond donors (Lipinski definition) is 0. The van der Waals surface area contributed by atoms with E-state index in [-0.39, 0.29) is 11.8 Å². The summed E-state index contributed by atoms with van der Waals surface area (Å²) in [6, 6.07) is 0. The summed E-state index contributed by atoms with van der Waals surface area (Å²) in [5.74, 6) is -0.0509. The third-order valence-electron chi connectivity index (χ3n) is 1.47. The van der Waals surface area contributed by atoms with Gasteiger partial charge in [-0.1, -0.05) is 0 Å². The molecule has 0 saturated carbocycles. The highest BCUT2D eigenvalue weighted by atomic mass is 16.2. The highest BCUT2D eigenvalue weighted by Gasteiger charge is 2.26. The summed E-state index contributed by atoms with van der Waals surface area (Å²) in [6.45, 7) is 2.33. The molecule has 3 heteroatoms. The molecule has 0 radical (unpaired) electrons. The summed E-state index contributed by atoms with van der Waals surface area (Å²) < 4.78 is 0. The van der Waals surface area contributed by atoms with E-state index in [0.29, 0.717) is 19.4 Å². The van der Waals surface area contributed by atoms with E-state index in [1.54, 1.807) is 6.92 Å². The van der Waals surface area contributed by atoms with Gasteiger partial charge < -0.3 is 0 Å². The standard InChI is InChI=1S/C6H9NO2/c1-2-7-5(8)3-4-6(7)9/h2-4H2,1H3. The first-order valence-electron chi connectivity index (χ1n) is 3.09. The Kier molecular flexibility index (Phi) is 1.51. The lowest BCUT2D eigenvalue weighted by Crippen LogP contribution is -2.28. The minimum absolute atomic E-state index is 0.0255. The summed E-state index contributed by atoms with van der Waals surface area (Å²) >= 11 is 0. The maximum atomic E-state index is 10.7. The number of rotatable bonds is 1. The third-order valence-corrected chi connectivity index (χ3v) is 1.47. The van der Waals surface area contributed by atoms with Gasteiger partial charge in [-0.05, 0) is 6.92 Å². The lowest BCUT2D eigenvalue weighted by molar-refractivity contribution is -0.138. The quantitative estimate of drug-likeness (QED) is 0.470. The van der Waals surface area contributed by atoms with Crippen molar-refractivity contribution in [1.82, 2.24) is 4.90 Å². The predicted octanol–water partition coefficient (Wildman–Crippen LogP) is 0.155. The van der Waals surface area contributed by atoms with Crippen LogP contribution in [-0.2, 0) is 9.59 Å². The molecule has 0 aliphatic carbocycles. The Morgan fingerprint density at radius 2 is 1.78 bits per heavy atom. The second kappa shape index (κ2) is 2.17. The summed E-state index contributed by atoms with van der Waals surface area (Å²) in [7, 11) is 0. The van der Waals surface area contributed by atoms with E-state index in [9.17, 15) is 9.59 Å². The van der Waals surface area contributed by atoms with Crippen LogP contribution in [-0.4, -0.2) is 23.3 Å². The molecular formula is C6H9NO2. The van der Waals surface area contributed by atoms with Crippen LogP contribution in [0, 0.1) is 0 Å². The molecule has 3 nitrogen and oxygen atoms in total. The number of hydrogen-bond acceptors (Lipinski definition) is 2. The molecule has 1 aliphatic rings. The molecule has 1 rings (SSSR count). The lowest BCUT2D eigenvalue weighted by Gasteiger charge is -2.08. The van der Waals surface area contributed by atoms with Gasteiger partial charge in [0.15, 0.2) is 0 Å². The number of imide groups is 1. The van der Waals surface area contributed by atoms with Gasteiger partial charge in [0.1, 0.15) is 0 Å². The first-order chi connectivity index (χ1) is 4.25. The van der Waals surface area contributed by atoms with Crippen molar-refractivity contribution in [3.63, 3.8) is 0 Å². The van der Waals surface area contributed by atoms with E-state index in [4.69, 9.17) is 0 Å². The van der Waals surface area contributed by atoms with Gasteiger partial charge in [-0.3, -0.25) is 14.5 Å². The van der Waals surface area contributed by atoms with Crippen LogP contribution >= 0.6 is 0 Å². The Morgan fingerprint density at radius 3 is 2.00 bits per heavy atom. The van der Waals surface area contributed by atoms with Crippen molar-refractivity contribution in [1.29, 1.82) is 0 Å². The van der Waals surface area contributed by atoms with E-state index < -0.39 is 0 Å². The van der Waals surface area contributed by atoms with E-state index in [1.165, 1.54) is 4.90 Å². The minimum atomic E-state index is -0.0255. The molecule has 50 valence electrons. The summed E-state index contributed by atoms with van der Waals surface area (Å²) in [5, 5.41) is 0. The number of amides is 2. The fraction of sp³-hybridized carbons (Fsp3) is 0.667. The molecule has 0 aromatic heterocycles. The second-order valence-corrected chi connectivity index (χ2v) is 2.03. The Hall–Kier alpha value is -0.860. The highest BCUT2D eigenvalue weighted by Crippen LogP contribution is 2.09. The van der Waals surface area contributed by atoms with Gasteiger partial charge in [-0.2, -0.15) is 0 Å². The molecule has 2 amide bonds. The largest absolute Gasteiger partial charge is 0.283 e. The normalized spacial score (nSPS) is 19.4.